The molecule has 7 nitrogen and oxygen atoms in total. The molecule has 0 aliphatic rings. The van der Waals surface area contributed by atoms with E-state index < -0.39 is 6.10 Å². The number of hydrogen-bond donors (Lipinski definition) is 3. The predicted octanol–water partition coefficient (Wildman–Crippen LogP) is 5.24. The van der Waals surface area contributed by atoms with Gasteiger partial charge in [0.15, 0.2) is 11.5 Å². The number of benzene rings is 2. The van der Waals surface area contributed by atoms with E-state index in [1.165, 1.54) is 0 Å². The lowest BCUT2D eigenvalue weighted by Gasteiger charge is -2.14. The molecule has 0 saturated heterocycles. The van der Waals surface area contributed by atoms with E-state index in [4.69, 9.17) is 14.2 Å². The average molecular weight is 553 g/mol. The van der Waals surface area contributed by atoms with Crippen LogP contribution in [-0.2, 0) is 6.42 Å². The summed E-state index contributed by atoms with van der Waals surface area (Å²) in [4.78, 5) is 9.02. The molecule has 4 rings (SSSR count). The first kappa shape index (κ1) is 29.5. The maximum absolute atomic E-state index is 10.2. The Morgan fingerprint density at radius 1 is 1.03 bits per heavy atom. The molecular weight excluding hydrogens is 521 g/mol. The normalized spacial score (nSPS) is 11.2. The maximum Gasteiger partial charge on any atom is 0.160 e. The lowest BCUT2D eigenvalue weighted by molar-refractivity contribution is 0.106. The SMILES string of the molecule is COc1ccc(CCNC[C@H](O)COc2ccc(-c3nc(-c4cccs4)c[nH]3)cc2)cc1OC.Cl.Cl. The highest BCUT2D eigenvalue weighted by Gasteiger charge is 2.09. The van der Waals surface area contributed by atoms with Crippen molar-refractivity contribution in [3.8, 4) is 39.2 Å². The molecule has 0 fully saturated rings. The van der Waals surface area contributed by atoms with Crippen molar-refractivity contribution < 1.29 is 19.3 Å². The lowest BCUT2D eigenvalue weighted by atomic mass is 10.1. The molecule has 2 aromatic carbocycles. The van der Waals surface area contributed by atoms with Crippen molar-refractivity contribution in [2.75, 3.05) is 33.9 Å². The zero-order valence-corrected chi connectivity index (χ0v) is 22.6. The second-order valence-electron chi connectivity index (χ2n) is 7.74. The fraction of sp³-hybridized carbons (Fsp3) is 0.269. The molecule has 36 heavy (non-hydrogen) atoms. The van der Waals surface area contributed by atoms with Gasteiger partial charge in [0.25, 0.3) is 0 Å². The molecule has 0 unspecified atom stereocenters. The van der Waals surface area contributed by atoms with Gasteiger partial charge in [0, 0.05) is 18.3 Å². The Morgan fingerprint density at radius 3 is 2.50 bits per heavy atom. The molecule has 0 bridgehead atoms. The average Bonchev–Trinajstić information content (AvgIpc) is 3.58. The van der Waals surface area contributed by atoms with E-state index in [0.29, 0.717) is 18.0 Å². The monoisotopic (exact) mass is 551 g/mol. The minimum atomic E-state index is -0.608. The number of nitrogens with one attached hydrogen (secondary N) is 2. The van der Waals surface area contributed by atoms with Gasteiger partial charge in [-0.15, -0.1) is 36.2 Å². The summed E-state index contributed by atoms with van der Waals surface area (Å²) in [6.07, 6.45) is 2.12. The van der Waals surface area contributed by atoms with Gasteiger partial charge in [0.1, 0.15) is 24.3 Å². The summed E-state index contributed by atoms with van der Waals surface area (Å²) in [6, 6.07) is 17.6. The number of methoxy groups -OCH3 is 2. The molecule has 10 heteroatoms. The van der Waals surface area contributed by atoms with Crippen molar-refractivity contribution in [3.05, 3.63) is 71.7 Å². The van der Waals surface area contributed by atoms with Gasteiger partial charge in [0.2, 0.25) is 0 Å². The van der Waals surface area contributed by atoms with Crippen LogP contribution in [0.2, 0.25) is 0 Å². The molecule has 194 valence electrons. The van der Waals surface area contributed by atoms with Gasteiger partial charge in [-0.05, 0) is 66.4 Å². The third-order valence-electron chi connectivity index (χ3n) is 5.34. The summed E-state index contributed by atoms with van der Waals surface area (Å²) in [7, 11) is 3.25. The Balaban J connectivity index is 0.00000228. The number of aromatic nitrogens is 2. The van der Waals surface area contributed by atoms with Gasteiger partial charge in [-0.2, -0.15) is 0 Å². The summed E-state index contributed by atoms with van der Waals surface area (Å²) < 4.78 is 16.3. The van der Waals surface area contributed by atoms with Crippen molar-refractivity contribution in [3.63, 3.8) is 0 Å². The van der Waals surface area contributed by atoms with Gasteiger partial charge < -0.3 is 29.6 Å². The van der Waals surface area contributed by atoms with E-state index in [2.05, 4.69) is 21.4 Å². The van der Waals surface area contributed by atoms with Crippen LogP contribution in [0, 0.1) is 0 Å². The lowest BCUT2D eigenvalue weighted by Crippen LogP contribution is -2.32. The van der Waals surface area contributed by atoms with Crippen LogP contribution < -0.4 is 19.5 Å². The molecule has 2 aromatic heterocycles. The van der Waals surface area contributed by atoms with Crippen molar-refractivity contribution >= 4 is 36.2 Å². The topological polar surface area (TPSA) is 88.6 Å². The molecule has 1 atom stereocenters. The second-order valence-corrected chi connectivity index (χ2v) is 8.69. The van der Waals surface area contributed by atoms with E-state index in [1.54, 1.807) is 25.6 Å². The highest BCUT2D eigenvalue weighted by atomic mass is 35.5. The summed E-state index contributed by atoms with van der Waals surface area (Å²) in [5.74, 6) is 2.95. The minimum Gasteiger partial charge on any atom is -0.493 e. The van der Waals surface area contributed by atoms with Crippen molar-refractivity contribution in [1.82, 2.24) is 15.3 Å². The molecule has 0 saturated carbocycles. The van der Waals surface area contributed by atoms with Crippen LogP contribution in [0.25, 0.3) is 22.0 Å². The zero-order chi connectivity index (χ0) is 23.8. The number of rotatable bonds is 12. The summed E-state index contributed by atoms with van der Waals surface area (Å²) in [5.41, 5.74) is 3.05. The number of halogens is 2. The number of hydrogen-bond acceptors (Lipinski definition) is 7. The first-order valence-electron chi connectivity index (χ1n) is 11.1. The highest BCUT2D eigenvalue weighted by Crippen LogP contribution is 2.28. The molecule has 0 spiro atoms. The first-order chi connectivity index (χ1) is 16.7. The smallest absolute Gasteiger partial charge is 0.160 e. The number of aliphatic hydroxyl groups is 1. The molecule has 0 radical (unpaired) electrons. The van der Waals surface area contributed by atoms with Crippen LogP contribution >= 0.6 is 36.2 Å². The molecule has 4 aromatic rings. The maximum atomic E-state index is 10.2. The molecule has 0 aliphatic heterocycles. The largest absolute Gasteiger partial charge is 0.493 e. The van der Waals surface area contributed by atoms with Crippen LogP contribution in [-0.4, -0.2) is 55.1 Å². The fourth-order valence-electron chi connectivity index (χ4n) is 3.52. The van der Waals surface area contributed by atoms with Gasteiger partial charge in [0.05, 0.1) is 24.8 Å². The molecule has 2 heterocycles. The molecule has 0 amide bonds. The quantitative estimate of drug-likeness (QED) is 0.209. The molecule has 3 N–H and O–H groups in total. The van der Waals surface area contributed by atoms with Crippen molar-refractivity contribution in [2.45, 2.75) is 12.5 Å². The van der Waals surface area contributed by atoms with E-state index >= 15 is 0 Å². The van der Waals surface area contributed by atoms with Crippen LogP contribution in [0.1, 0.15) is 5.56 Å². The van der Waals surface area contributed by atoms with Crippen LogP contribution in [0.15, 0.2) is 66.2 Å². The Hall–Kier alpha value is -2.75. The number of imidazole rings is 1. The Kier molecular flexibility index (Phi) is 12.1. The Labute approximate surface area is 227 Å². The van der Waals surface area contributed by atoms with Gasteiger partial charge in [-0.1, -0.05) is 12.1 Å². The van der Waals surface area contributed by atoms with Gasteiger partial charge >= 0.3 is 0 Å². The second kappa shape index (κ2) is 14.7. The third kappa shape index (κ3) is 7.88. The zero-order valence-electron chi connectivity index (χ0n) is 20.1. The number of ether oxygens (including phenoxy) is 3. The molecule has 0 aliphatic carbocycles. The van der Waals surface area contributed by atoms with E-state index in [0.717, 1.165) is 46.2 Å². The van der Waals surface area contributed by atoms with Crippen LogP contribution in [0.5, 0.6) is 17.2 Å². The predicted molar refractivity (Wildman–Crippen MR) is 149 cm³/mol. The third-order valence-corrected chi connectivity index (χ3v) is 6.23. The van der Waals surface area contributed by atoms with Crippen LogP contribution in [0.4, 0.5) is 0 Å². The Morgan fingerprint density at radius 2 is 1.81 bits per heavy atom. The first-order valence-corrected chi connectivity index (χ1v) is 12.0. The number of H-pyrrole nitrogens is 1. The van der Waals surface area contributed by atoms with Gasteiger partial charge in [-0.3, -0.25) is 0 Å². The Bertz CT molecular complexity index is 1170. The highest BCUT2D eigenvalue weighted by molar-refractivity contribution is 7.13. The van der Waals surface area contributed by atoms with E-state index in [9.17, 15) is 5.11 Å². The summed E-state index contributed by atoms with van der Waals surface area (Å²) in [5, 5.41) is 15.6. The number of nitrogens with zero attached hydrogens (tertiary/aromatic N) is 1. The fourth-order valence-corrected chi connectivity index (χ4v) is 4.20. The minimum absolute atomic E-state index is 0. The number of thiophene rings is 1. The molecular formula is C26H31Cl2N3O4S. The number of aliphatic hydroxyl groups excluding tert-OH is 1. The summed E-state index contributed by atoms with van der Waals surface area (Å²) >= 11 is 1.66. The van der Waals surface area contributed by atoms with Crippen LogP contribution in [0.3, 0.4) is 0 Å². The van der Waals surface area contributed by atoms with E-state index in [1.807, 2.05) is 60.1 Å². The van der Waals surface area contributed by atoms with Gasteiger partial charge in [-0.25, -0.2) is 4.98 Å². The van der Waals surface area contributed by atoms with E-state index in [-0.39, 0.29) is 31.4 Å². The standard InChI is InChI=1S/C26H29N3O4S.2ClH/c1-31-23-10-5-18(14-24(23)32-2)11-12-27-15-20(30)17-33-21-8-6-19(7-9-21)26-28-16-22(29-26)25-4-3-13-34-25;;/h3-10,13-14,16,20,27,30H,11-12,15,17H2,1-2H3,(H,28,29);2*1H/t20-;;/m0../s1. The summed E-state index contributed by atoms with van der Waals surface area (Å²) in [6.45, 7) is 1.40. The van der Waals surface area contributed by atoms with Crippen molar-refractivity contribution in [1.29, 1.82) is 0 Å². The number of aromatic amines is 1. The van der Waals surface area contributed by atoms with Crippen molar-refractivity contribution in [2.24, 2.45) is 0 Å².